The SMILES string of the molecule is CCC/C=C(\CCC)c1nc2ccccc2s1. The minimum atomic E-state index is 1.13. The van der Waals surface area contributed by atoms with Gasteiger partial charge in [-0.05, 0) is 30.5 Å². The van der Waals surface area contributed by atoms with Crippen LogP contribution in [0.5, 0.6) is 0 Å². The van der Waals surface area contributed by atoms with Crippen LogP contribution in [0.15, 0.2) is 30.3 Å². The summed E-state index contributed by atoms with van der Waals surface area (Å²) in [5.74, 6) is 0. The molecular weight excluding hydrogens is 226 g/mol. The first-order valence-corrected chi connectivity index (χ1v) is 7.21. The van der Waals surface area contributed by atoms with E-state index in [4.69, 9.17) is 4.98 Å². The van der Waals surface area contributed by atoms with Gasteiger partial charge in [0.15, 0.2) is 0 Å². The Kier molecular flexibility index (Phi) is 4.32. The number of hydrogen-bond acceptors (Lipinski definition) is 2. The molecule has 1 aromatic carbocycles. The van der Waals surface area contributed by atoms with E-state index in [9.17, 15) is 0 Å². The number of unbranched alkanes of at least 4 members (excludes halogenated alkanes) is 1. The van der Waals surface area contributed by atoms with Gasteiger partial charge in [0.2, 0.25) is 0 Å². The van der Waals surface area contributed by atoms with Gasteiger partial charge >= 0.3 is 0 Å². The second-order valence-electron chi connectivity index (χ2n) is 4.25. The molecule has 0 atom stereocenters. The monoisotopic (exact) mass is 245 g/mol. The minimum Gasteiger partial charge on any atom is -0.236 e. The van der Waals surface area contributed by atoms with Crippen molar-refractivity contribution in [3.63, 3.8) is 0 Å². The van der Waals surface area contributed by atoms with E-state index in [0.717, 1.165) is 18.4 Å². The van der Waals surface area contributed by atoms with E-state index in [-0.39, 0.29) is 0 Å². The third-order valence-electron chi connectivity index (χ3n) is 2.77. The molecular formula is C15H19NS. The first-order valence-electron chi connectivity index (χ1n) is 6.40. The van der Waals surface area contributed by atoms with Crippen molar-refractivity contribution in [1.29, 1.82) is 0 Å². The molecule has 0 bridgehead atoms. The highest BCUT2D eigenvalue weighted by molar-refractivity contribution is 7.19. The van der Waals surface area contributed by atoms with E-state index in [1.165, 1.54) is 28.1 Å². The standard InChI is InChI=1S/C15H19NS/c1-3-5-9-12(8-4-2)15-16-13-10-6-7-11-14(13)17-15/h6-7,9-11H,3-5,8H2,1-2H3/b12-9+. The van der Waals surface area contributed by atoms with Gasteiger partial charge in [-0.2, -0.15) is 0 Å². The highest BCUT2D eigenvalue weighted by atomic mass is 32.1. The second-order valence-corrected chi connectivity index (χ2v) is 5.29. The third-order valence-corrected chi connectivity index (χ3v) is 3.88. The van der Waals surface area contributed by atoms with E-state index in [0.29, 0.717) is 0 Å². The Morgan fingerprint density at radius 3 is 2.76 bits per heavy atom. The molecule has 0 saturated heterocycles. The Bertz CT molecular complexity index is 477. The smallest absolute Gasteiger partial charge is 0.120 e. The van der Waals surface area contributed by atoms with Crippen LogP contribution < -0.4 is 0 Å². The number of aromatic nitrogens is 1. The summed E-state index contributed by atoms with van der Waals surface area (Å²) in [4.78, 5) is 4.73. The molecule has 2 aromatic rings. The molecule has 2 heteroatoms. The molecule has 0 N–H and O–H groups in total. The molecule has 2 rings (SSSR count). The molecule has 0 spiro atoms. The normalized spacial score (nSPS) is 12.2. The Balaban J connectivity index is 2.34. The average molecular weight is 245 g/mol. The molecule has 0 unspecified atom stereocenters. The van der Waals surface area contributed by atoms with Crippen LogP contribution in [0, 0.1) is 0 Å². The molecule has 0 saturated carbocycles. The summed E-state index contributed by atoms with van der Waals surface area (Å²) in [6, 6.07) is 8.39. The van der Waals surface area contributed by atoms with Gasteiger partial charge < -0.3 is 0 Å². The fraction of sp³-hybridized carbons (Fsp3) is 0.400. The Hall–Kier alpha value is -1.15. The minimum absolute atomic E-state index is 1.13. The van der Waals surface area contributed by atoms with Gasteiger partial charge in [-0.3, -0.25) is 0 Å². The Labute approximate surface area is 107 Å². The summed E-state index contributed by atoms with van der Waals surface area (Å²) in [5, 5.41) is 1.21. The van der Waals surface area contributed by atoms with Gasteiger partial charge in [-0.15, -0.1) is 11.3 Å². The lowest BCUT2D eigenvalue weighted by molar-refractivity contribution is 0.932. The molecule has 17 heavy (non-hydrogen) atoms. The van der Waals surface area contributed by atoms with Crippen molar-refractivity contribution in [2.75, 3.05) is 0 Å². The molecule has 0 fully saturated rings. The zero-order valence-electron chi connectivity index (χ0n) is 10.6. The van der Waals surface area contributed by atoms with Crippen molar-refractivity contribution in [3.8, 4) is 0 Å². The predicted octanol–water partition coefficient (Wildman–Crippen LogP) is 5.28. The zero-order chi connectivity index (χ0) is 12.1. The maximum Gasteiger partial charge on any atom is 0.120 e. The number of thiazole rings is 1. The van der Waals surface area contributed by atoms with Gasteiger partial charge in [-0.1, -0.05) is 44.9 Å². The van der Waals surface area contributed by atoms with Crippen LogP contribution in [0.3, 0.4) is 0 Å². The van der Waals surface area contributed by atoms with Crippen LogP contribution in [-0.2, 0) is 0 Å². The van der Waals surface area contributed by atoms with Crippen LogP contribution in [0.4, 0.5) is 0 Å². The maximum atomic E-state index is 4.73. The zero-order valence-corrected chi connectivity index (χ0v) is 11.4. The van der Waals surface area contributed by atoms with Crippen molar-refractivity contribution in [2.24, 2.45) is 0 Å². The predicted molar refractivity (Wildman–Crippen MR) is 77.4 cm³/mol. The first kappa shape index (κ1) is 12.3. The fourth-order valence-electron chi connectivity index (χ4n) is 1.89. The third kappa shape index (κ3) is 2.95. The molecule has 1 nitrogen and oxygen atoms in total. The fourth-order valence-corrected chi connectivity index (χ4v) is 2.93. The van der Waals surface area contributed by atoms with Crippen LogP contribution in [0.2, 0.25) is 0 Å². The van der Waals surface area contributed by atoms with Crippen LogP contribution in [0.25, 0.3) is 15.8 Å². The molecule has 1 aromatic heterocycles. The lowest BCUT2D eigenvalue weighted by Crippen LogP contribution is -1.83. The van der Waals surface area contributed by atoms with E-state index in [1.54, 1.807) is 0 Å². The summed E-state index contributed by atoms with van der Waals surface area (Å²) in [6.07, 6.45) is 7.05. The number of benzene rings is 1. The van der Waals surface area contributed by atoms with Gasteiger partial charge in [0.05, 0.1) is 10.2 Å². The van der Waals surface area contributed by atoms with E-state index in [1.807, 2.05) is 11.3 Å². The van der Waals surface area contributed by atoms with Crippen molar-refractivity contribution in [3.05, 3.63) is 35.3 Å². The topological polar surface area (TPSA) is 12.9 Å². The number of hydrogen-bond donors (Lipinski definition) is 0. The summed E-state index contributed by atoms with van der Waals surface area (Å²) in [6.45, 7) is 4.45. The van der Waals surface area contributed by atoms with Crippen molar-refractivity contribution in [1.82, 2.24) is 4.98 Å². The van der Waals surface area contributed by atoms with E-state index < -0.39 is 0 Å². The quantitative estimate of drug-likeness (QED) is 0.698. The number of rotatable bonds is 5. The van der Waals surface area contributed by atoms with Gasteiger partial charge in [0.1, 0.15) is 5.01 Å². The van der Waals surface area contributed by atoms with Gasteiger partial charge in [-0.25, -0.2) is 4.98 Å². The number of fused-ring (bicyclic) bond motifs is 1. The molecule has 1 heterocycles. The summed E-state index contributed by atoms with van der Waals surface area (Å²) >= 11 is 1.82. The van der Waals surface area contributed by atoms with Crippen molar-refractivity contribution in [2.45, 2.75) is 39.5 Å². The van der Waals surface area contributed by atoms with E-state index in [2.05, 4.69) is 44.2 Å². The second kappa shape index (κ2) is 5.97. The largest absolute Gasteiger partial charge is 0.236 e. The highest BCUT2D eigenvalue weighted by Crippen LogP contribution is 2.29. The van der Waals surface area contributed by atoms with Crippen LogP contribution in [-0.4, -0.2) is 4.98 Å². The van der Waals surface area contributed by atoms with Gasteiger partial charge in [0.25, 0.3) is 0 Å². The van der Waals surface area contributed by atoms with Crippen molar-refractivity contribution >= 4 is 27.1 Å². The lowest BCUT2D eigenvalue weighted by atomic mass is 10.1. The number of nitrogens with zero attached hydrogens (tertiary/aromatic N) is 1. The molecule has 0 radical (unpaired) electrons. The summed E-state index contributed by atoms with van der Waals surface area (Å²) in [5.41, 5.74) is 2.56. The Morgan fingerprint density at radius 2 is 2.06 bits per heavy atom. The molecule has 0 aliphatic heterocycles. The average Bonchev–Trinajstić information content (AvgIpc) is 2.78. The summed E-state index contributed by atoms with van der Waals surface area (Å²) < 4.78 is 1.29. The maximum absolute atomic E-state index is 4.73. The summed E-state index contributed by atoms with van der Waals surface area (Å²) in [7, 11) is 0. The molecule has 0 amide bonds. The first-order chi connectivity index (χ1) is 8.35. The van der Waals surface area contributed by atoms with E-state index >= 15 is 0 Å². The number of para-hydroxylation sites is 1. The number of allylic oxidation sites excluding steroid dienone is 2. The molecule has 0 aliphatic rings. The van der Waals surface area contributed by atoms with Crippen molar-refractivity contribution < 1.29 is 0 Å². The van der Waals surface area contributed by atoms with Crippen LogP contribution in [0.1, 0.15) is 44.5 Å². The molecule has 90 valence electrons. The van der Waals surface area contributed by atoms with Gasteiger partial charge in [0, 0.05) is 0 Å². The van der Waals surface area contributed by atoms with Crippen LogP contribution >= 0.6 is 11.3 Å². The Morgan fingerprint density at radius 1 is 1.24 bits per heavy atom. The molecule has 0 aliphatic carbocycles. The highest BCUT2D eigenvalue weighted by Gasteiger charge is 2.07. The lowest BCUT2D eigenvalue weighted by Gasteiger charge is -2.01.